The monoisotopic (exact) mass is 730 g/mol. The Morgan fingerprint density at radius 1 is 1.00 bits per heavy atom. The number of nitriles is 2. The van der Waals surface area contributed by atoms with Crippen LogP contribution < -0.4 is 11.1 Å². The van der Waals surface area contributed by atoms with E-state index in [4.69, 9.17) is 31.8 Å². The molecule has 0 radical (unpaired) electrons. The number of thiazole rings is 1. The average molecular weight is 731 g/mol. The number of pyridine rings is 1. The number of alkyl carbamates (subject to hydrolysis) is 1. The van der Waals surface area contributed by atoms with Crippen LogP contribution in [0.2, 0.25) is 5.02 Å². The summed E-state index contributed by atoms with van der Waals surface area (Å²) < 4.78 is 10.7. The Morgan fingerprint density at radius 3 is 2.28 bits per heavy atom. The lowest BCUT2D eigenvalue weighted by Gasteiger charge is -2.24. The molecule has 1 atom stereocenters. The molecule has 0 saturated heterocycles. The minimum absolute atomic E-state index is 0.0590. The molecule has 13 heteroatoms. The van der Waals surface area contributed by atoms with E-state index in [1.54, 1.807) is 20.8 Å². The van der Waals surface area contributed by atoms with Crippen LogP contribution in [0.3, 0.4) is 0 Å². The predicted molar refractivity (Wildman–Crippen MR) is 198 cm³/mol. The van der Waals surface area contributed by atoms with E-state index in [9.17, 15) is 20.1 Å². The van der Waals surface area contributed by atoms with Gasteiger partial charge < -0.3 is 20.5 Å². The second-order valence-electron chi connectivity index (χ2n) is 12.8. The van der Waals surface area contributed by atoms with E-state index in [-0.39, 0.29) is 29.5 Å². The number of nitrogens with one attached hydrogen (secondary N) is 1. The van der Waals surface area contributed by atoms with Crippen molar-refractivity contribution in [2.45, 2.75) is 76.3 Å². The Bertz CT molecular complexity index is 1890. The highest BCUT2D eigenvalue weighted by atomic mass is 35.5. The number of esters is 1. The maximum absolute atomic E-state index is 12.7. The van der Waals surface area contributed by atoms with Gasteiger partial charge in [0.15, 0.2) is 0 Å². The zero-order valence-electron chi connectivity index (χ0n) is 28.6. The molecule has 3 N–H and O–H groups in total. The molecule has 50 heavy (non-hydrogen) atoms. The van der Waals surface area contributed by atoms with Crippen molar-refractivity contribution in [2.24, 2.45) is 5.92 Å². The van der Waals surface area contributed by atoms with Gasteiger partial charge in [0.05, 0.1) is 17.9 Å². The molecule has 10 nitrogen and oxygen atoms in total. The Kier molecular flexibility index (Phi) is 13.3. The Morgan fingerprint density at radius 2 is 1.66 bits per heavy atom. The molecule has 2 heterocycles. The lowest BCUT2D eigenvalue weighted by atomic mass is 9.95. The number of aromatic nitrogens is 2. The smallest absolute Gasteiger partial charge is 0.408 e. The van der Waals surface area contributed by atoms with Crippen LogP contribution in [0.5, 0.6) is 0 Å². The predicted octanol–water partition coefficient (Wildman–Crippen LogP) is 8.56. The Hall–Kier alpha value is -4.62. The first-order valence-corrected chi connectivity index (χ1v) is 18.3. The molecule has 4 aromatic rings. The highest BCUT2D eigenvalue weighted by molar-refractivity contribution is 7.98. The van der Waals surface area contributed by atoms with Gasteiger partial charge >= 0.3 is 12.1 Å². The second kappa shape index (κ2) is 17.3. The molecule has 0 aliphatic carbocycles. The van der Waals surface area contributed by atoms with Gasteiger partial charge in [-0.2, -0.15) is 10.5 Å². The molecule has 0 fully saturated rings. The van der Waals surface area contributed by atoms with Crippen molar-refractivity contribution in [1.82, 2.24) is 15.3 Å². The third-order valence-electron chi connectivity index (χ3n) is 7.35. The first-order chi connectivity index (χ1) is 23.8. The van der Waals surface area contributed by atoms with E-state index in [1.165, 1.54) is 23.1 Å². The number of carbonyl (C=O) groups is 2. The van der Waals surface area contributed by atoms with Crippen LogP contribution in [0.4, 0.5) is 10.6 Å². The minimum atomic E-state index is -0.810. The number of unbranched alkanes of at least 4 members (excludes halogenated alkanes) is 1. The first-order valence-electron chi connectivity index (χ1n) is 16.0. The molecule has 0 aliphatic heterocycles. The van der Waals surface area contributed by atoms with E-state index in [0.717, 1.165) is 34.7 Å². The van der Waals surface area contributed by atoms with Crippen LogP contribution in [-0.2, 0) is 26.4 Å². The lowest BCUT2D eigenvalue weighted by Crippen LogP contribution is -2.47. The largest absolute Gasteiger partial charge is 0.464 e. The van der Waals surface area contributed by atoms with Gasteiger partial charge in [-0.1, -0.05) is 73.6 Å². The Labute approximate surface area is 306 Å². The SMILES string of the molecule is CC(C)[C@H](NC(=O)OC(C)(C)C)C(=O)OCCCCc1ccc(-c2c(C#N)c(N)nc(SCc3csc(-c4ccc(Cl)cc4)n3)c2C#N)cc1. The van der Waals surface area contributed by atoms with Gasteiger partial charge in [-0.05, 0) is 69.2 Å². The summed E-state index contributed by atoms with van der Waals surface area (Å²) in [4.78, 5) is 34.0. The first kappa shape index (κ1) is 38.2. The normalized spacial score (nSPS) is 11.8. The van der Waals surface area contributed by atoms with Crippen molar-refractivity contribution in [3.8, 4) is 33.8 Å². The van der Waals surface area contributed by atoms with Gasteiger partial charge in [-0.25, -0.2) is 19.6 Å². The van der Waals surface area contributed by atoms with Gasteiger partial charge in [-0.3, -0.25) is 0 Å². The van der Waals surface area contributed by atoms with Crippen molar-refractivity contribution >= 4 is 52.6 Å². The summed E-state index contributed by atoms with van der Waals surface area (Å²) in [6, 6.07) is 18.7. The summed E-state index contributed by atoms with van der Waals surface area (Å²) in [6.45, 7) is 9.14. The molecular formula is C37H39ClN6O4S2. The van der Waals surface area contributed by atoms with Gasteiger partial charge in [-0.15, -0.1) is 11.3 Å². The number of carbonyl (C=O) groups excluding carboxylic acids is 2. The number of rotatable bonds is 13. The van der Waals surface area contributed by atoms with Crippen LogP contribution in [0.25, 0.3) is 21.7 Å². The van der Waals surface area contributed by atoms with Crippen LogP contribution in [0, 0.1) is 28.6 Å². The quantitative estimate of drug-likeness (QED) is 0.0774. The topological polar surface area (TPSA) is 164 Å². The summed E-state index contributed by atoms with van der Waals surface area (Å²) in [7, 11) is 0. The molecule has 0 aliphatic rings. The third kappa shape index (κ3) is 10.4. The third-order valence-corrected chi connectivity index (χ3v) is 9.56. The minimum Gasteiger partial charge on any atom is -0.464 e. The number of hydrogen-bond acceptors (Lipinski definition) is 11. The Balaban J connectivity index is 1.37. The standard InChI is InChI=1S/C37H39ClN6O4S2/c1-22(2)31(43-36(46)48-37(3,4)5)35(45)47-17-7-6-8-23-9-11-24(12-10-23)30-28(18-39)32(41)44-34(29(30)19-40)50-21-27-20-49-33(42-27)25-13-15-26(38)16-14-25/h9-16,20,22,31H,6-8,17,21H2,1-5H3,(H2,41,44)(H,43,46)/t31-/m0/s1. The second-order valence-corrected chi connectivity index (χ2v) is 15.0. The molecule has 0 saturated carbocycles. The van der Waals surface area contributed by atoms with Crippen LogP contribution in [-0.4, -0.2) is 40.3 Å². The number of anilines is 1. The fourth-order valence-corrected chi connectivity index (χ4v) is 6.84. The number of nitrogens with two attached hydrogens (primary N) is 1. The van der Waals surface area contributed by atoms with Crippen LogP contribution in [0.1, 0.15) is 69.8 Å². The van der Waals surface area contributed by atoms with Gasteiger partial charge in [0.2, 0.25) is 0 Å². The molecule has 4 rings (SSSR count). The molecule has 0 unspecified atom stereocenters. The fourth-order valence-electron chi connectivity index (χ4n) is 4.90. The molecule has 260 valence electrons. The summed E-state index contributed by atoms with van der Waals surface area (Å²) in [5.74, 6) is -0.152. The number of aryl methyl sites for hydroxylation is 1. The van der Waals surface area contributed by atoms with E-state index in [2.05, 4.69) is 22.4 Å². The van der Waals surface area contributed by atoms with Crippen molar-refractivity contribution in [3.63, 3.8) is 0 Å². The van der Waals surface area contributed by atoms with Gasteiger partial charge in [0.1, 0.15) is 45.2 Å². The summed E-state index contributed by atoms with van der Waals surface area (Å²) in [5.41, 5.74) is 9.97. The number of halogens is 1. The van der Waals surface area contributed by atoms with Crippen LogP contribution >= 0.6 is 34.7 Å². The van der Waals surface area contributed by atoms with E-state index >= 15 is 0 Å². The number of nitrogen functional groups attached to an aromatic ring is 1. The molecule has 1 amide bonds. The lowest BCUT2D eigenvalue weighted by molar-refractivity contribution is -0.147. The molecule has 2 aromatic carbocycles. The number of benzene rings is 2. The van der Waals surface area contributed by atoms with Crippen molar-refractivity contribution < 1.29 is 19.1 Å². The van der Waals surface area contributed by atoms with Gasteiger partial charge in [0, 0.05) is 27.3 Å². The van der Waals surface area contributed by atoms with Gasteiger partial charge in [0.25, 0.3) is 0 Å². The highest BCUT2D eigenvalue weighted by Crippen LogP contribution is 2.37. The number of ether oxygens (including phenoxy) is 2. The van der Waals surface area contributed by atoms with Crippen molar-refractivity contribution in [1.29, 1.82) is 10.5 Å². The summed E-state index contributed by atoms with van der Waals surface area (Å²) in [5, 5.41) is 26.7. The highest BCUT2D eigenvalue weighted by Gasteiger charge is 2.28. The summed E-state index contributed by atoms with van der Waals surface area (Å²) >= 11 is 8.88. The van der Waals surface area contributed by atoms with Crippen LogP contribution in [0.15, 0.2) is 58.9 Å². The van der Waals surface area contributed by atoms with E-state index in [1.807, 2.05) is 67.8 Å². The average Bonchev–Trinajstić information content (AvgIpc) is 3.54. The number of nitrogens with zero attached hydrogens (tertiary/aromatic N) is 4. The molecule has 2 aromatic heterocycles. The molecular weight excluding hydrogens is 692 g/mol. The van der Waals surface area contributed by atoms with Crippen molar-refractivity contribution in [3.05, 3.63) is 81.3 Å². The number of hydrogen-bond donors (Lipinski definition) is 2. The maximum Gasteiger partial charge on any atom is 0.408 e. The number of amides is 1. The van der Waals surface area contributed by atoms with Crippen molar-refractivity contribution in [2.75, 3.05) is 12.3 Å². The zero-order valence-corrected chi connectivity index (χ0v) is 31.0. The maximum atomic E-state index is 12.7. The molecule has 0 bridgehead atoms. The fraction of sp³-hybridized carbons (Fsp3) is 0.351. The molecule has 0 spiro atoms. The zero-order chi connectivity index (χ0) is 36.4. The summed E-state index contributed by atoms with van der Waals surface area (Å²) in [6.07, 6.45) is 1.45. The van der Waals surface area contributed by atoms with E-state index in [0.29, 0.717) is 33.3 Å². The van der Waals surface area contributed by atoms with E-state index < -0.39 is 23.7 Å². The number of thioether (sulfide) groups is 1.